The lowest BCUT2D eigenvalue weighted by Crippen LogP contribution is -2.22. The van der Waals surface area contributed by atoms with E-state index in [4.69, 9.17) is 23.2 Å². The Hall–Kier alpha value is -1.78. The number of carbonyl (C=O) groups is 1. The number of carboxylic acid groups (broad SMARTS) is 1. The average molecular weight is 326 g/mol. The number of aromatic carboxylic acids is 1. The number of rotatable bonds is 3. The van der Waals surface area contributed by atoms with E-state index in [1.165, 1.54) is 6.07 Å². The lowest BCUT2D eigenvalue weighted by atomic mass is 10.0. The van der Waals surface area contributed by atoms with Crippen LogP contribution in [0.3, 0.4) is 0 Å². The van der Waals surface area contributed by atoms with E-state index in [-0.39, 0.29) is 5.56 Å². The molecule has 110 valence electrons. The van der Waals surface area contributed by atoms with Gasteiger partial charge in [0.25, 0.3) is 0 Å². The largest absolute Gasteiger partial charge is 0.477 e. The maximum absolute atomic E-state index is 12.0. The summed E-state index contributed by atoms with van der Waals surface area (Å²) in [5.41, 5.74) is 0.790. The summed E-state index contributed by atoms with van der Waals surface area (Å²) in [4.78, 5) is 23.5. The molecule has 2 aromatic rings. The fourth-order valence-corrected chi connectivity index (χ4v) is 2.62. The number of aryl methyl sites for hydroxylation is 1. The molecule has 2 rings (SSSR count). The second-order valence-corrected chi connectivity index (χ2v) is 5.37. The summed E-state index contributed by atoms with van der Waals surface area (Å²) in [6.07, 6.45) is 0. The average Bonchev–Trinajstić information content (AvgIpc) is 2.40. The van der Waals surface area contributed by atoms with Crippen LogP contribution in [0.15, 0.2) is 29.1 Å². The number of halogens is 2. The summed E-state index contributed by atoms with van der Waals surface area (Å²) in [7, 11) is 0. The summed E-state index contributed by atoms with van der Waals surface area (Å²) >= 11 is 11.9. The first-order chi connectivity index (χ1) is 9.86. The quantitative estimate of drug-likeness (QED) is 0.932. The second kappa shape index (κ2) is 5.92. The van der Waals surface area contributed by atoms with Crippen molar-refractivity contribution in [1.29, 1.82) is 0 Å². The molecule has 0 spiro atoms. The van der Waals surface area contributed by atoms with Crippen molar-refractivity contribution in [3.05, 3.63) is 55.8 Å². The SMILES string of the molecule is CCn1c(C)cc(=O)c(C(=O)O)c1-c1ccc(Cl)c(Cl)c1. The lowest BCUT2D eigenvalue weighted by molar-refractivity contribution is 0.0695. The normalized spacial score (nSPS) is 10.7. The molecule has 0 fully saturated rings. The van der Waals surface area contributed by atoms with Gasteiger partial charge in [0.15, 0.2) is 5.43 Å². The Morgan fingerprint density at radius 1 is 1.24 bits per heavy atom. The molecule has 1 aromatic carbocycles. The molecule has 21 heavy (non-hydrogen) atoms. The topological polar surface area (TPSA) is 59.3 Å². The van der Waals surface area contributed by atoms with E-state index in [0.717, 1.165) is 0 Å². The fraction of sp³-hybridized carbons (Fsp3) is 0.200. The molecule has 0 aliphatic rings. The molecule has 0 radical (unpaired) electrons. The predicted molar refractivity (Wildman–Crippen MR) is 83.5 cm³/mol. The van der Waals surface area contributed by atoms with Gasteiger partial charge in [0, 0.05) is 23.9 Å². The van der Waals surface area contributed by atoms with Crippen molar-refractivity contribution < 1.29 is 9.90 Å². The van der Waals surface area contributed by atoms with Gasteiger partial charge in [-0.25, -0.2) is 4.79 Å². The highest BCUT2D eigenvalue weighted by Crippen LogP contribution is 2.30. The van der Waals surface area contributed by atoms with Crippen molar-refractivity contribution in [2.24, 2.45) is 0 Å². The number of hydrogen-bond donors (Lipinski definition) is 1. The number of benzene rings is 1. The maximum atomic E-state index is 12.0. The van der Waals surface area contributed by atoms with Gasteiger partial charge in [-0.2, -0.15) is 0 Å². The summed E-state index contributed by atoms with van der Waals surface area (Å²) < 4.78 is 1.77. The summed E-state index contributed by atoms with van der Waals surface area (Å²) in [5, 5.41) is 10.0. The van der Waals surface area contributed by atoms with Crippen LogP contribution in [0.25, 0.3) is 11.3 Å². The first-order valence-electron chi connectivity index (χ1n) is 6.30. The number of nitrogens with zero attached hydrogens (tertiary/aromatic N) is 1. The molecule has 0 atom stereocenters. The minimum absolute atomic E-state index is 0.263. The van der Waals surface area contributed by atoms with Crippen LogP contribution in [0.2, 0.25) is 10.0 Å². The third-order valence-electron chi connectivity index (χ3n) is 3.24. The van der Waals surface area contributed by atoms with Crippen molar-refractivity contribution in [2.45, 2.75) is 20.4 Å². The molecular weight excluding hydrogens is 313 g/mol. The van der Waals surface area contributed by atoms with Gasteiger partial charge in [0.2, 0.25) is 0 Å². The third kappa shape index (κ3) is 2.82. The van der Waals surface area contributed by atoms with Gasteiger partial charge in [0.05, 0.1) is 15.7 Å². The monoisotopic (exact) mass is 325 g/mol. The molecule has 0 aliphatic heterocycles. The highest BCUT2D eigenvalue weighted by atomic mass is 35.5. The molecule has 0 bridgehead atoms. The van der Waals surface area contributed by atoms with Crippen LogP contribution in [0, 0.1) is 6.92 Å². The van der Waals surface area contributed by atoms with E-state index in [9.17, 15) is 14.7 Å². The van der Waals surface area contributed by atoms with Crippen LogP contribution in [-0.4, -0.2) is 15.6 Å². The smallest absolute Gasteiger partial charge is 0.341 e. The van der Waals surface area contributed by atoms with E-state index < -0.39 is 11.4 Å². The zero-order valence-electron chi connectivity index (χ0n) is 11.5. The summed E-state index contributed by atoms with van der Waals surface area (Å²) in [6.45, 7) is 4.17. The Morgan fingerprint density at radius 2 is 1.90 bits per heavy atom. The molecule has 0 amide bonds. The van der Waals surface area contributed by atoms with E-state index >= 15 is 0 Å². The van der Waals surface area contributed by atoms with Gasteiger partial charge in [-0.05, 0) is 26.0 Å². The summed E-state index contributed by atoms with van der Waals surface area (Å²) in [5.74, 6) is -1.26. The predicted octanol–water partition coefficient (Wildman–Crippen LogP) is 3.85. The zero-order valence-corrected chi connectivity index (χ0v) is 13.0. The van der Waals surface area contributed by atoms with Crippen molar-refractivity contribution in [3.8, 4) is 11.3 Å². The molecule has 0 saturated heterocycles. The van der Waals surface area contributed by atoms with Crippen LogP contribution < -0.4 is 5.43 Å². The van der Waals surface area contributed by atoms with Gasteiger partial charge in [-0.1, -0.05) is 29.3 Å². The van der Waals surface area contributed by atoms with Gasteiger partial charge < -0.3 is 9.67 Å². The van der Waals surface area contributed by atoms with Crippen LogP contribution >= 0.6 is 23.2 Å². The van der Waals surface area contributed by atoms with E-state index in [0.29, 0.717) is 33.5 Å². The Kier molecular flexibility index (Phi) is 4.40. The second-order valence-electron chi connectivity index (χ2n) is 4.55. The van der Waals surface area contributed by atoms with Gasteiger partial charge in [0.1, 0.15) is 5.56 Å². The Morgan fingerprint density at radius 3 is 2.43 bits per heavy atom. The van der Waals surface area contributed by atoms with E-state index in [1.807, 2.05) is 6.92 Å². The van der Waals surface area contributed by atoms with E-state index in [1.54, 1.807) is 29.7 Å². The Bertz CT molecular complexity index is 781. The van der Waals surface area contributed by atoms with Crippen LogP contribution in [0.5, 0.6) is 0 Å². The highest BCUT2D eigenvalue weighted by Gasteiger charge is 2.20. The Balaban J connectivity index is 2.90. The maximum Gasteiger partial charge on any atom is 0.341 e. The van der Waals surface area contributed by atoms with Gasteiger partial charge >= 0.3 is 5.97 Å². The first-order valence-corrected chi connectivity index (χ1v) is 7.05. The molecule has 0 unspecified atom stereocenters. The molecule has 4 nitrogen and oxygen atoms in total. The van der Waals surface area contributed by atoms with Gasteiger partial charge in [-0.15, -0.1) is 0 Å². The van der Waals surface area contributed by atoms with E-state index in [2.05, 4.69) is 0 Å². The number of carboxylic acids is 1. The van der Waals surface area contributed by atoms with Crippen molar-refractivity contribution >= 4 is 29.2 Å². The molecule has 1 heterocycles. The van der Waals surface area contributed by atoms with Crippen LogP contribution in [0.1, 0.15) is 23.0 Å². The molecule has 0 saturated carbocycles. The number of pyridine rings is 1. The van der Waals surface area contributed by atoms with Crippen molar-refractivity contribution in [2.75, 3.05) is 0 Å². The standard InChI is InChI=1S/C15H13Cl2NO3/c1-3-18-8(2)6-12(19)13(15(20)21)14(18)9-4-5-10(16)11(17)7-9/h4-7H,3H2,1-2H3,(H,20,21). The summed E-state index contributed by atoms with van der Waals surface area (Å²) in [6, 6.07) is 6.13. The van der Waals surface area contributed by atoms with Crippen LogP contribution in [0.4, 0.5) is 0 Å². The first kappa shape index (κ1) is 15.6. The minimum atomic E-state index is -1.26. The third-order valence-corrected chi connectivity index (χ3v) is 3.98. The lowest BCUT2D eigenvalue weighted by Gasteiger charge is -2.18. The molecule has 6 heteroatoms. The van der Waals surface area contributed by atoms with Gasteiger partial charge in [-0.3, -0.25) is 4.79 Å². The zero-order chi connectivity index (χ0) is 15.7. The molecule has 1 N–H and O–H groups in total. The highest BCUT2D eigenvalue weighted by molar-refractivity contribution is 6.42. The number of hydrogen-bond acceptors (Lipinski definition) is 2. The van der Waals surface area contributed by atoms with Crippen LogP contribution in [-0.2, 0) is 6.54 Å². The minimum Gasteiger partial charge on any atom is -0.477 e. The number of aromatic nitrogens is 1. The molecule has 0 aliphatic carbocycles. The molecule has 1 aromatic heterocycles. The molecular formula is C15H13Cl2NO3. The van der Waals surface area contributed by atoms with Crippen molar-refractivity contribution in [3.63, 3.8) is 0 Å². The fourth-order valence-electron chi connectivity index (χ4n) is 2.33. The Labute approximate surface area is 131 Å². The van der Waals surface area contributed by atoms with Crippen molar-refractivity contribution in [1.82, 2.24) is 4.57 Å².